The number of alkyl halides is 1. The molecule has 0 aliphatic carbocycles. The van der Waals surface area contributed by atoms with Gasteiger partial charge in [-0.15, -0.1) is 0 Å². The number of Topliss-reactive ketones (excluding diaryl/α,β-unsaturated/α-hetero) is 1. The molecule has 0 fully saturated rings. The second-order valence-corrected chi connectivity index (χ2v) is 4.91. The van der Waals surface area contributed by atoms with Crippen molar-refractivity contribution in [1.82, 2.24) is 0 Å². The normalized spacial score (nSPS) is 15.6. The Labute approximate surface area is 94.1 Å². The lowest BCUT2D eigenvalue weighted by Gasteiger charge is -2.33. The van der Waals surface area contributed by atoms with Crippen LogP contribution in [0, 0.1) is 0 Å². The molecule has 0 aliphatic rings. The molecular weight excluding hydrogens is 217 g/mol. The number of likely N-dealkylation sites (N-methyl/N-ethyl adjacent to an activating group) is 1. The third-order valence-electron chi connectivity index (χ3n) is 2.02. The zero-order valence-corrected chi connectivity index (χ0v) is 9.86. The number of halogens is 1. The molecule has 0 amide bonds. The number of carbonyl (C=O) groups excluding carboxylic acids is 1. The summed E-state index contributed by atoms with van der Waals surface area (Å²) in [5.41, 5.74) is -1.99. The minimum atomic E-state index is -1.99. The zero-order chi connectivity index (χ0) is 13.0. The highest BCUT2D eigenvalue weighted by atomic mass is 19.1. The first-order chi connectivity index (χ1) is 7.10. The Hall–Kier alpha value is -1.01. The van der Waals surface area contributed by atoms with E-state index in [-0.39, 0.29) is 11.0 Å². The van der Waals surface area contributed by atoms with Gasteiger partial charge >= 0.3 is 5.97 Å². The fourth-order valence-corrected chi connectivity index (χ4v) is 1.60. The molecule has 0 spiro atoms. The van der Waals surface area contributed by atoms with Gasteiger partial charge in [-0.1, -0.05) is 0 Å². The molecule has 0 aromatic heterocycles. The van der Waals surface area contributed by atoms with Gasteiger partial charge < -0.3 is 14.7 Å². The van der Waals surface area contributed by atoms with Crippen molar-refractivity contribution in [1.29, 1.82) is 0 Å². The third kappa shape index (κ3) is 5.18. The highest BCUT2D eigenvalue weighted by molar-refractivity contribution is 5.91. The van der Waals surface area contributed by atoms with E-state index < -0.39 is 36.9 Å². The van der Waals surface area contributed by atoms with Crippen molar-refractivity contribution >= 4 is 11.8 Å². The first-order valence-corrected chi connectivity index (χ1v) is 4.94. The summed E-state index contributed by atoms with van der Waals surface area (Å²) in [6.45, 7) is -0.948. The Morgan fingerprint density at radius 2 is 1.81 bits per heavy atom. The first kappa shape index (κ1) is 15.0. The summed E-state index contributed by atoms with van der Waals surface area (Å²) in [4.78, 5) is 22.1. The molecule has 0 saturated carbocycles. The average molecular weight is 236 g/mol. The second-order valence-electron chi connectivity index (χ2n) is 4.91. The van der Waals surface area contributed by atoms with E-state index in [2.05, 4.69) is 0 Å². The summed E-state index contributed by atoms with van der Waals surface area (Å²) in [6.07, 6.45) is -1.15. The number of quaternary nitrogens is 1. The number of nitrogens with zero attached hydrogens (tertiary/aromatic N) is 1. The van der Waals surface area contributed by atoms with Crippen molar-refractivity contribution in [3.63, 3.8) is 0 Å². The van der Waals surface area contributed by atoms with Gasteiger partial charge in [-0.2, -0.15) is 0 Å². The molecule has 0 aromatic rings. The maximum absolute atomic E-state index is 12.1. The van der Waals surface area contributed by atoms with Crippen LogP contribution in [0.4, 0.5) is 4.39 Å². The number of hydrogen-bond donors (Lipinski definition) is 2. The van der Waals surface area contributed by atoms with Gasteiger partial charge in [0.2, 0.25) is 0 Å². The Morgan fingerprint density at radius 3 is 2.12 bits per heavy atom. The maximum atomic E-state index is 12.1. The number of ketones is 1. The van der Waals surface area contributed by atoms with Crippen LogP contribution >= 0.6 is 0 Å². The zero-order valence-electron chi connectivity index (χ0n) is 9.86. The maximum Gasteiger partial charge on any atom is 0.306 e. The van der Waals surface area contributed by atoms with E-state index in [1.54, 1.807) is 21.1 Å². The molecular formula is C10H19FNO4+. The van der Waals surface area contributed by atoms with Crippen LogP contribution in [0.3, 0.4) is 0 Å². The molecule has 6 heteroatoms. The Balaban J connectivity index is 4.87. The van der Waals surface area contributed by atoms with Gasteiger partial charge in [0.25, 0.3) is 0 Å². The predicted octanol–water partition coefficient (Wildman–Crippen LogP) is -0.173. The Bertz CT molecular complexity index is 274. The lowest BCUT2D eigenvalue weighted by molar-refractivity contribution is -0.875. The molecule has 0 heterocycles. The molecule has 0 aliphatic heterocycles. The summed E-state index contributed by atoms with van der Waals surface area (Å²) in [5, 5.41) is 18.7. The van der Waals surface area contributed by atoms with Crippen LogP contribution in [0.25, 0.3) is 0 Å². The SMILES string of the molecule is C[N+](C)(C)C[C@](O)(CC(=O)O)C(=O)CCF. The molecule has 5 nitrogen and oxygen atoms in total. The van der Waals surface area contributed by atoms with Crippen LogP contribution in [-0.4, -0.2) is 66.4 Å². The summed E-state index contributed by atoms with van der Waals surface area (Å²) < 4.78 is 12.3. The summed E-state index contributed by atoms with van der Waals surface area (Å²) in [6, 6.07) is 0. The van der Waals surface area contributed by atoms with Gasteiger partial charge in [0, 0.05) is 6.42 Å². The molecule has 0 radical (unpaired) electrons. The lowest BCUT2D eigenvalue weighted by Crippen LogP contribution is -2.54. The van der Waals surface area contributed by atoms with E-state index in [0.29, 0.717) is 0 Å². The summed E-state index contributed by atoms with van der Waals surface area (Å²) in [5.74, 6) is -2.03. The number of carbonyl (C=O) groups is 2. The summed E-state index contributed by atoms with van der Waals surface area (Å²) >= 11 is 0. The smallest absolute Gasteiger partial charge is 0.306 e. The van der Waals surface area contributed by atoms with Gasteiger partial charge in [-0.25, -0.2) is 0 Å². The van der Waals surface area contributed by atoms with Crippen LogP contribution in [0.15, 0.2) is 0 Å². The van der Waals surface area contributed by atoms with E-state index in [1.165, 1.54) is 0 Å². The number of aliphatic carboxylic acids is 1. The minimum absolute atomic E-state index is 0.0574. The quantitative estimate of drug-likeness (QED) is 0.602. The molecule has 0 unspecified atom stereocenters. The van der Waals surface area contributed by atoms with Gasteiger partial charge in [0.15, 0.2) is 11.4 Å². The van der Waals surface area contributed by atoms with E-state index >= 15 is 0 Å². The van der Waals surface area contributed by atoms with Gasteiger partial charge in [0.05, 0.1) is 34.2 Å². The van der Waals surface area contributed by atoms with Crippen molar-refractivity contribution in [2.24, 2.45) is 0 Å². The monoisotopic (exact) mass is 236 g/mol. The standard InChI is InChI=1S/C10H18FNO4/c1-12(2,3)7-10(16,6-9(14)15)8(13)4-5-11/h16H,4-7H2,1-3H3/p+1/t10-/m1/s1. The van der Waals surface area contributed by atoms with Crippen LogP contribution in [0.2, 0.25) is 0 Å². The molecule has 0 aromatic carbocycles. The number of rotatable bonds is 7. The van der Waals surface area contributed by atoms with Crippen molar-refractivity contribution < 1.29 is 28.7 Å². The average Bonchev–Trinajstić information content (AvgIpc) is 1.98. The number of carboxylic acid groups (broad SMARTS) is 1. The van der Waals surface area contributed by atoms with E-state index in [0.717, 1.165) is 0 Å². The largest absolute Gasteiger partial charge is 0.481 e. The van der Waals surface area contributed by atoms with Crippen molar-refractivity contribution in [2.45, 2.75) is 18.4 Å². The first-order valence-electron chi connectivity index (χ1n) is 4.94. The van der Waals surface area contributed by atoms with Crippen LogP contribution in [0.5, 0.6) is 0 Å². The Morgan fingerprint density at radius 1 is 1.31 bits per heavy atom. The number of aliphatic hydroxyl groups is 1. The van der Waals surface area contributed by atoms with Crippen molar-refractivity contribution in [3.05, 3.63) is 0 Å². The second kappa shape index (κ2) is 5.36. The predicted molar refractivity (Wildman–Crippen MR) is 55.7 cm³/mol. The molecule has 16 heavy (non-hydrogen) atoms. The van der Waals surface area contributed by atoms with E-state index in [4.69, 9.17) is 5.11 Å². The highest BCUT2D eigenvalue weighted by Crippen LogP contribution is 2.17. The minimum Gasteiger partial charge on any atom is -0.481 e. The van der Waals surface area contributed by atoms with Crippen LogP contribution in [-0.2, 0) is 9.59 Å². The van der Waals surface area contributed by atoms with E-state index in [1.807, 2.05) is 0 Å². The van der Waals surface area contributed by atoms with Gasteiger partial charge in [-0.05, 0) is 0 Å². The lowest BCUT2D eigenvalue weighted by atomic mass is 9.91. The highest BCUT2D eigenvalue weighted by Gasteiger charge is 2.42. The number of carboxylic acids is 1. The molecule has 0 rings (SSSR count). The molecule has 0 saturated heterocycles. The summed E-state index contributed by atoms with van der Waals surface area (Å²) in [7, 11) is 5.15. The topological polar surface area (TPSA) is 74.6 Å². The molecule has 2 N–H and O–H groups in total. The fourth-order valence-electron chi connectivity index (χ4n) is 1.60. The molecule has 94 valence electrons. The van der Waals surface area contributed by atoms with Crippen molar-refractivity contribution in [3.8, 4) is 0 Å². The fraction of sp³-hybridized carbons (Fsp3) is 0.800. The van der Waals surface area contributed by atoms with Crippen LogP contribution < -0.4 is 0 Å². The molecule has 0 bridgehead atoms. The van der Waals surface area contributed by atoms with Gasteiger partial charge in [-0.3, -0.25) is 14.0 Å². The van der Waals surface area contributed by atoms with E-state index in [9.17, 15) is 19.1 Å². The third-order valence-corrected chi connectivity index (χ3v) is 2.02. The Kier molecular flexibility index (Phi) is 5.02. The van der Waals surface area contributed by atoms with Crippen LogP contribution in [0.1, 0.15) is 12.8 Å². The molecule has 1 atom stereocenters. The van der Waals surface area contributed by atoms with Gasteiger partial charge in [0.1, 0.15) is 6.54 Å². The van der Waals surface area contributed by atoms with Crippen molar-refractivity contribution in [2.75, 3.05) is 34.4 Å². The number of hydrogen-bond acceptors (Lipinski definition) is 3.